The molecule has 12 heteroatoms. The van der Waals surface area contributed by atoms with Crippen LogP contribution < -0.4 is 20.3 Å². The first-order valence-electron chi connectivity index (χ1n) is 12.9. The Morgan fingerprint density at radius 3 is 2.49 bits per heavy atom. The molecule has 0 bridgehead atoms. The number of aromatic nitrogens is 1. The number of methoxy groups -OCH3 is 2. The minimum Gasteiger partial charge on any atom is -0.383 e. The van der Waals surface area contributed by atoms with Gasteiger partial charge in [-0.05, 0) is 36.3 Å². The highest BCUT2D eigenvalue weighted by atomic mass is 32.2. The molecule has 1 saturated carbocycles. The summed E-state index contributed by atoms with van der Waals surface area (Å²) in [5.41, 5.74) is 6.95. The van der Waals surface area contributed by atoms with Gasteiger partial charge < -0.3 is 25.4 Å². The molecule has 4 atom stereocenters. The number of ether oxygens (including phenoxy) is 2. The molecule has 0 aliphatic heterocycles. The maximum atomic E-state index is 15.8. The number of carbonyl (C=O) groups is 1. The Kier molecular flexibility index (Phi) is 10.6. The summed E-state index contributed by atoms with van der Waals surface area (Å²) in [6.45, 7) is 3.77. The first-order valence-corrected chi connectivity index (χ1v) is 14.8. The van der Waals surface area contributed by atoms with Gasteiger partial charge in [-0.1, -0.05) is 37.3 Å². The van der Waals surface area contributed by atoms with Crippen molar-refractivity contribution in [2.75, 3.05) is 63.0 Å². The summed E-state index contributed by atoms with van der Waals surface area (Å²) in [5, 5.41) is 2.86. The highest BCUT2D eigenvalue weighted by Gasteiger charge is 2.35. The van der Waals surface area contributed by atoms with Gasteiger partial charge in [0.2, 0.25) is 10.0 Å². The Bertz CT molecular complexity index is 1220. The van der Waals surface area contributed by atoms with Gasteiger partial charge in [0.15, 0.2) is 11.6 Å². The Hall–Kier alpha value is -2.80. The number of anilines is 2. The molecule has 0 saturated heterocycles. The predicted molar refractivity (Wildman–Crippen MR) is 150 cm³/mol. The minimum atomic E-state index is -3.86. The van der Waals surface area contributed by atoms with Gasteiger partial charge in [-0.2, -0.15) is 0 Å². The van der Waals surface area contributed by atoms with Crippen molar-refractivity contribution in [2.24, 2.45) is 17.6 Å². The maximum absolute atomic E-state index is 15.8. The van der Waals surface area contributed by atoms with Crippen LogP contribution in [-0.4, -0.2) is 85.2 Å². The van der Waals surface area contributed by atoms with Crippen molar-refractivity contribution >= 4 is 27.6 Å². The number of nitrogens with zero attached hydrogens (tertiary/aromatic N) is 3. The molecule has 1 heterocycles. The van der Waals surface area contributed by atoms with Crippen molar-refractivity contribution in [3.05, 3.63) is 53.3 Å². The predicted octanol–water partition coefficient (Wildman–Crippen LogP) is 2.04. The Balaban J connectivity index is 2.02. The van der Waals surface area contributed by atoms with E-state index >= 15 is 4.39 Å². The van der Waals surface area contributed by atoms with Crippen molar-refractivity contribution in [1.82, 2.24) is 10.3 Å². The number of halogens is 1. The van der Waals surface area contributed by atoms with Crippen LogP contribution in [-0.2, 0) is 25.9 Å². The van der Waals surface area contributed by atoms with Crippen LogP contribution in [0.5, 0.6) is 0 Å². The number of rotatable bonds is 15. The Morgan fingerprint density at radius 2 is 1.92 bits per heavy atom. The van der Waals surface area contributed by atoms with Crippen LogP contribution in [0.15, 0.2) is 36.4 Å². The lowest BCUT2D eigenvalue weighted by Crippen LogP contribution is -2.51. The van der Waals surface area contributed by atoms with E-state index < -0.39 is 39.6 Å². The van der Waals surface area contributed by atoms with Crippen LogP contribution in [0.25, 0.3) is 0 Å². The van der Waals surface area contributed by atoms with Crippen molar-refractivity contribution in [3.63, 3.8) is 0 Å². The maximum Gasteiger partial charge on any atom is 0.254 e. The van der Waals surface area contributed by atoms with E-state index in [0.717, 1.165) is 22.5 Å². The van der Waals surface area contributed by atoms with E-state index in [4.69, 9.17) is 15.2 Å². The van der Waals surface area contributed by atoms with E-state index in [1.807, 2.05) is 35.2 Å². The first-order chi connectivity index (χ1) is 18.5. The lowest BCUT2D eigenvalue weighted by molar-refractivity contribution is 0.0909. The molecule has 10 nitrogen and oxygen atoms in total. The highest BCUT2D eigenvalue weighted by Crippen LogP contribution is 2.39. The average Bonchev–Trinajstić information content (AvgIpc) is 3.60. The van der Waals surface area contributed by atoms with Gasteiger partial charge in [-0.25, -0.2) is 17.8 Å². The van der Waals surface area contributed by atoms with Crippen molar-refractivity contribution in [3.8, 4) is 0 Å². The summed E-state index contributed by atoms with van der Waals surface area (Å²) in [6.07, 6.45) is 2.40. The molecule has 2 aromatic rings. The van der Waals surface area contributed by atoms with Crippen molar-refractivity contribution in [1.29, 1.82) is 0 Å². The second-order valence-electron chi connectivity index (χ2n) is 10.2. The van der Waals surface area contributed by atoms with E-state index in [9.17, 15) is 13.2 Å². The van der Waals surface area contributed by atoms with Gasteiger partial charge in [0, 0.05) is 40.4 Å². The lowest BCUT2D eigenvalue weighted by atomic mass is 9.99. The molecule has 3 N–H and O–H groups in total. The van der Waals surface area contributed by atoms with Crippen LogP contribution in [0.4, 0.5) is 16.0 Å². The average molecular weight is 566 g/mol. The summed E-state index contributed by atoms with van der Waals surface area (Å²) < 4.78 is 51.7. The number of benzene rings is 1. The third kappa shape index (κ3) is 8.34. The summed E-state index contributed by atoms with van der Waals surface area (Å²) in [4.78, 5) is 19.9. The molecular formula is C27H40FN5O5S. The van der Waals surface area contributed by atoms with E-state index in [2.05, 4.69) is 17.2 Å². The van der Waals surface area contributed by atoms with E-state index in [1.165, 1.54) is 20.2 Å². The molecule has 1 aliphatic carbocycles. The van der Waals surface area contributed by atoms with Crippen LogP contribution in [0.1, 0.15) is 29.3 Å². The fourth-order valence-electron chi connectivity index (χ4n) is 4.37. The molecule has 1 aromatic heterocycles. The molecule has 1 aliphatic rings. The van der Waals surface area contributed by atoms with Gasteiger partial charge in [0.1, 0.15) is 5.82 Å². The number of pyridine rings is 1. The largest absolute Gasteiger partial charge is 0.383 e. The standard InChI is InChI=1S/C27H40FN5O5S/c1-18-13-20(18)16-33(11-12-37-3)24-15-21(25(28)26(31-24)32(2)39(5,35)36)27(34)30-23(22(29)17-38-4)14-19-9-7-6-8-10-19/h6-10,15,18,20,22-23H,11-14,16-17,29H2,1-5H3,(H,30,34)/t18-,20+,22-,23-/m0/s1. The van der Waals surface area contributed by atoms with Gasteiger partial charge >= 0.3 is 0 Å². The number of nitrogens with one attached hydrogen (secondary N) is 1. The quantitative estimate of drug-likeness (QED) is 0.336. The monoisotopic (exact) mass is 565 g/mol. The van der Waals surface area contributed by atoms with Gasteiger partial charge in [0.05, 0.1) is 31.1 Å². The second kappa shape index (κ2) is 13.5. The number of amides is 1. The third-order valence-electron chi connectivity index (χ3n) is 7.08. The smallest absolute Gasteiger partial charge is 0.254 e. The fraction of sp³-hybridized carbons (Fsp3) is 0.556. The number of sulfonamides is 1. The zero-order chi connectivity index (χ0) is 28.7. The third-order valence-corrected chi connectivity index (χ3v) is 8.25. The minimum absolute atomic E-state index is 0.175. The second-order valence-corrected chi connectivity index (χ2v) is 12.2. The highest BCUT2D eigenvalue weighted by molar-refractivity contribution is 7.92. The molecule has 1 aromatic carbocycles. The molecule has 39 heavy (non-hydrogen) atoms. The SMILES string of the molecule is COCCN(C[C@H]1C[C@@H]1C)c1cc(C(=O)N[C@@H](Cc2ccccc2)[C@@H](N)COC)c(F)c(N(C)S(C)(=O)=O)n1. The summed E-state index contributed by atoms with van der Waals surface area (Å²) >= 11 is 0. The summed E-state index contributed by atoms with van der Waals surface area (Å²) in [5.74, 6) is -0.953. The van der Waals surface area contributed by atoms with E-state index in [1.54, 1.807) is 7.11 Å². The zero-order valence-corrected chi connectivity index (χ0v) is 24.1. The number of carbonyl (C=O) groups excluding carboxylic acids is 1. The number of hydrogen-bond donors (Lipinski definition) is 2. The van der Waals surface area contributed by atoms with E-state index in [0.29, 0.717) is 43.8 Å². The van der Waals surface area contributed by atoms with Crippen LogP contribution in [0.3, 0.4) is 0 Å². The fourth-order valence-corrected chi connectivity index (χ4v) is 4.80. The number of nitrogens with two attached hydrogens (primary N) is 1. The number of hydrogen-bond acceptors (Lipinski definition) is 8. The molecule has 216 valence electrons. The summed E-state index contributed by atoms with van der Waals surface area (Å²) in [7, 11) is 0.435. The van der Waals surface area contributed by atoms with Gasteiger partial charge in [0.25, 0.3) is 5.91 Å². The molecule has 0 unspecified atom stereocenters. The molecule has 1 amide bonds. The van der Waals surface area contributed by atoms with Crippen molar-refractivity contribution in [2.45, 2.75) is 31.8 Å². The molecule has 3 rings (SSSR count). The zero-order valence-electron chi connectivity index (χ0n) is 23.3. The molecule has 0 spiro atoms. The Morgan fingerprint density at radius 1 is 1.26 bits per heavy atom. The Labute approximate surface area is 230 Å². The van der Waals surface area contributed by atoms with Crippen molar-refractivity contribution < 1.29 is 27.1 Å². The summed E-state index contributed by atoms with van der Waals surface area (Å²) in [6, 6.07) is 9.69. The van der Waals surface area contributed by atoms with Crippen LogP contribution in [0, 0.1) is 17.7 Å². The van der Waals surface area contributed by atoms with Gasteiger partial charge in [-0.15, -0.1) is 0 Å². The normalized spacial score (nSPS) is 18.3. The molecule has 1 fully saturated rings. The van der Waals surface area contributed by atoms with E-state index in [-0.39, 0.29) is 12.2 Å². The molecular weight excluding hydrogens is 525 g/mol. The topological polar surface area (TPSA) is 127 Å². The molecule has 0 radical (unpaired) electrons. The van der Waals surface area contributed by atoms with Gasteiger partial charge in [-0.3, -0.25) is 9.10 Å². The lowest BCUT2D eigenvalue weighted by Gasteiger charge is -2.28. The first kappa shape index (κ1) is 30.7. The van der Waals surface area contributed by atoms with Crippen LogP contribution >= 0.6 is 0 Å². The van der Waals surface area contributed by atoms with Crippen LogP contribution in [0.2, 0.25) is 0 Å².